The monoisotopic (exact) mass is 369 g/mol. The van der Waals surface area contributed by atoms with E-state index in [2.05, 4.69) is 14.4 Å². The van der Waals surface area contributed by atoms with Crippen molar-refractivity contribution in [3.8, 4) is 17.1 Å². The Balaban J connectivity index is 1.81. The van der Waals surface area contributed by atoms with Crippen LogP contribution in [0, 0.1) is 0 Å². The second-order valence-corrected chi connectivity index (χ2v) is 6.33. The van der Waals surface area contributed by atoms with Crippen LogP contribution < -0.4 is 0 Å². The number of rotatable bonds is 4. The molecule has 26 heavy (non-hydrogen) atoms. The molecule has 8 heteroatoms. The lowest BCUT2D eigenvalue weighted by Gasteiger charge is -2.15. The van der Waals surface area contributed by atoms with Crippen molar-refractivity contribution in [3.63, 3.8) is 0 Å². The third-order valence-electron chi connectivity index (χ3n) is 4.15. The minimum absolute atomic E-state index is 0.0147. The normalized spacial score (nSPS) is 12.8. The van der Waals surface area contributed by atoms with Crippen LogP contribution in [0.4, 0.5) is 0 Å². The van der Waals surface area contributed by atoms with E-state index in [4.69, 9.17) is 5.26 Å². The topological polar surface area (TPSA) is 109 Å². The van der Waals surface area contributed by atoms with Crippen LogP contribution in [-0.2, 0) is 9.37 Å². The van der Waals surface area contributed by atoms with Gasteiger partial charge in [0.25, 0.3) is 0 Å². The van der Waals surface area contributed by atoms with Crippen molar-refractivity contribution in [1.29, 1.82) is 0 Å². The molecular weight excluding hydrogens is 358 g/mol. The molecule has 0 amide bonds. The lowest BCUT2D eigenvalue weighted by atomic mass is 9.84. The summed E-state index contributed by atoms with van der Waals surface area (Å²) in [5.74, 6) is -1.05. The summed E-state index contributed by atoms with van der Waals surface area (Å²) in [5, 5.41) is 21.9. The standard InChI is InChI=1S/C18H11NO6S/c20-16-11-3-1-2-4-12(11)17(21)14-13(16)15(19-18(14)22)9-5-7-10(8-6-9)26-25-24-23/h1-8,19,22-23H. The number of aromatic nitrogens is 1. The van der Waals surface area contributed by atoms with Crippen LogP contribution >= 0.6 is 12.0 Å². The summed E-state index contributed by atoms with van der Waals surface area (Å²) in [6.45, 7) is 0. The average Bonchev–Trinajstić information content (AvgIpc) is 3.02. The molecule has 0 saturated carbocycles. The minimum atomic E-state index is -0.393. The highest BCUT2D eigenvalue weighted by Crippen LogP contribution is 2.39. The molecule has 3 aromatic rings. The van der Waals surface area contributed by atoms with Crippen LogP contribution in [0.25, 0.3) is 11.3 Å². The molecule has 0 atom stereocenters. The Kier molecular flexibility index (Phi) is 4.09. The molecular formula is C18H11NO6S. The predicted octanol–water partition coefficient (Wildman–Crippen LogP) is 3.59. The van der Waals surface area contributed by atoms with E-state index in [1.165, 1.54) is 0 Å². The summed E-state index contributed by atoms with van der Waals surface area (Å²) in [7, 11) is 0. The summed E-state index contributed by atoms with van der Waals surface area (Å²) >= 11 is 0.797. The molecule has 4 rings (SSSR count). The van der Waals surface area contributed by atoms with Gasteiger partial charge >= 0.3 is 0 Å². The number of aromatic amines is 1. The van der Waals surface area contributed by atoms with Crippen molar-refractivity contribution in [2.75, 3.05) is 0 Å². The summed E-state index contributed by atoms with van der Waals surface area (Å²) in [6, 6.07) is 13.3. The largest absolute Gasteiger partial charge is 0.494 e. The highest BCUT2D eigenvalue weighted by Gasteiger charge is 2.36. The van der Waals surface area contributed by atoms with E-state index in [-0.39, 0.29) is 28.4 Å². The van der Waals surface area contributed by atoms with Crippen LogP contribution in [0.5, 0.6) is 5.88 Å². The molecule has 1 aliphatic carbocycles. The van der Waals surface area contributed by atoms with Crippen molar-refractivity contribution in [2.24, 2.45) is 0 Å². The number of aromatic hydroxyl groups is 1. The van der Waals surface area contributed by atoms with E-state index in [0.717, 1.165) is 12.0 Å². The van der Waals surface area contributed by atoms with E-state index < -0.39 is 5.78 Å². The average molecular weight is 369 g/mol. The first-order valence-electron chi connectivity index (χ1n) is 7.50. The lowest BCUT2D eigenvalue weighted by Crippen LogP contribution is -2.19. The summed E-state index contributed by atoms with van der Waals surface area (Å²) in [4.78, 5) is 29.0. The first-order chi connectivity index (χ1) is 12.6. The fourth-order valence-electron chi connectivity index (χ4n) is 3.03. The number of ketones is 2. The third-order valence-corrected chi connectivity index (χ3v) is 4.75. The molecule has 1 aliphatic rings. The van der Waals surface area contributed by atoms with Gasteiger partial charge in [-0.15, -0.1) is 4.33 Å². The molecule has 0 radical (unpaired) electrons. The fraction of sp³-hybridized carbons (Fsp3) is 0. The van der Waals surface area contributed by atoms with E-state index in [1.54, 1.807) is 48.5 Å². The summed E-state index contributed by atoms with van der Waals surface area (Å²) in [5.41, 5.74) is 1.70. The fourth-order valence-corrected chi connectivity index (χ4v) is 3.39. The maximum absolute atomic E-state index is 12.9. The van der Waals surface area contributed by atoms with E-state index in [0.29, 0.717) is 21.7 Å². The zero-order valence-corrected chi connectivity index (χ0v) is 13.9. The van der Waals surface area contributed by atoms with Crippen molar-refractivity contribution in [2.45, 2.75) is 4.90 Å². The molecule has 0 fully saturated rings. The van der Waals surface area contributed by atoms with E-state index in [9.17, 15) is 14.7 Å². The van der Waals surface area contributed by atoms with E-state index in [1.807, 2.05) is 0 Å². The molecule has 0 aliphatic heterocycles. The molecule has 1 heterocycles. The molecule has 2 aromatic carbocycles. The Bertz CT molecular complexity index is 1020. The first-order valence-corrected chi connectivity index (χ1v) is 8.24. The number of fused-ring (bicyclic) bond motifs is 2. The quantitative estimate of drug-likeness (QED) is 0.286. The zero-order chi connectivity index (χ0) is 18.3. The van der Waals surface area contributed by atoms with Crippen LogP contribution in [0.1, 0.15) is 31.8 Å². The molecule has 3 N–H and O–H groups in total. The Labute approximate surface area is 151 Å². The minimum Gasteiger partial charge on any atom is -0.494 e. The summed E-state index contributed by atoms with van der Waals surface area (Å²) < 4.78 is 4.36. The van der Waals surface area contributed by atoms with Crippen molar-refractivity contribution >= 4 is 23.6 Å². The third kappa shape index (κ3) is 2.52. The number of carbonyl (C=O) groups excluding carboxylic acids is 2. The van der Waals surface area contributed by atoms with E-state index >= 15 is 0 Å². The van der Waals surface area contributed by atoms with Crippen molar-refractivity contribution < 1.29 is 29.3 Å². The highest BCUT2D eigenvalue weighted by atomic mass is 32.2. The van der Waals surface area contributed by atoms with Gasteiger partial charge in [-0.3, -0.25) is 9.59 Å². The number of hydrogen-bond acceptors (Lipinski definition) is 7. The smallest absolute Gasteiger partial charge is 0.201 e. The Morgan fingerprint density at radius 1 is 0.885 bits per heavy atom. The van der Waals surface area contributed by atoms with Gasteiger partial charge in [0.1, 0.15) is 0 Å². The number of benzene rings is 2. The van der Waals surface area contributed by atoms with Gasteiger partial charge in [-0.1, -0.05) is 41.4 Å². The van der Waals surface area contributed by atoms with Gasteiger partial charge in [-0.2, -0.15) is 0 Å². The van der Waals surface area contributed by atoms with Gasteiger partial charge in [-0.05, 0) is 17.7 Å². The highest BCUT2D eigenvalue weighted by molar-refractivity contribution is 7.94. The lowest BCUT2D eigenvalue weighted by molar-refractivity contribution is -0.432. The number of carbonyl (C=O) groups is 2. The molecule has 130 valence electrons. The van der Waals surface area contributed by atoms with Crippen LogP contribution in [-0.4, -0.2) is 26.9 Å². The molecule has 0 unspecified atom stereocenters. The first kappa shape index (κ1) is 16.6. The molecule has 0 spiro atoms. The Morgan fingerprint density at radius 2 is 1.50 bits per heavy atom. The number of hydrogen-bond donors (Lipinski definition) is 3. The Morgan fingerprint density at radius 3 is 2.12 bits per heavy atom. The number of H-pyrrole nitrogens is 1. The maximum atomic E-state index is 12.9. The van der Waals surface area contributed by atoms with Crippen molar-refractivity contribution in [3.05, 3.63) is 70.8 Å². The second-order valence-electron chi connectivity index (χ2n) is 5.55. The van der Waals surface area contributed by atoms with Crippen LogP contribution in [0.2, 0.25) is 0 Å². The number of nitrogens with one attached hydrogen (secondary N) is 1. The van der Waals surface area contributed by atoms with Gasteiger partial charge in [-0.25, -0.2) is 5.26 Å². The van der Waals surface area contributed by atoms with Crippen LogP contribution in [0.15, 0.2) is 53.4 Å². The molecule has 0 saturated heterocycles. The second kappa shape index (κ2) is 6.43. The predicted molar refractivity (Wildman–Crippen MR) is 91.9 cm³/mol. The van der Waals surface area contributed by atoms with Gasteiger partial charge in [0.15, 0.2) is 11.6 Å². The zero-order valence-electron chi connectivity index (χ0n) is 13.1. The molecule has 0 bridgehead atoms. The van der Waals surface area contributed by atoms with Gasteiger partial charge < -0.3 is 10.1 Å². The Hall–Kier alpha value is -2.91. The van der Waals surface area contributed by atoms with Crippen molar-refractivity contribution in [1.82, 2.24) is 4.98 Å². The molecule has 1 aromatic heterocycles. The van der Waals surface area contributed by atoms with Gasteiger partial charge in [0, 0.05) is 16.0 Å². The van der Waals surface area contributed by atoms with Gasteiger partial charge in [0.05, 0.1) is 28.9 Å². The summed E-state index contributed by atoms with van der Waals surface area (Å²) in [6.07, 6.45) is 0. The van der Waals surface area contributed by atoms with Gasteiger partial charge in [0.2, 0.25) is 5.88 Å². The molecule has 7 nitrogen and oxygen atoms in total. The maximum Gasteiger partial charge on any atom is 0.201 e. The SMILES string of the molecule is O=C1c2ccccc2C(=O)c2c(-c3ccc(SOOO)cc3)[nH]c(O)c21. The van der Waals surface area contributed by atoms with Crippen LogP contribution in [0.3, 0.4) is 0 Å².